The van der Waals surface area contributed by atoms with Crippen molar-refractivity contribution in [3.8, 4) is 5.75 Å². The van der Waals surface area contributed by atoms with E-state index in [1.165, 1.54) is 6.07 Å². The van der Waals surface area contributed by atoms with Gasteiger partial charge in [0.2, 0.25) is 0 Å². The first kappa shape index (κ1) is 22.6. The molecule has 8 nitrogen and oxygen atoms in total. The van der Waals surface area contributed by atoms with E-state index in [-0.39, 0.29) is 17.9 Å². The number of aromatic hydroxyl groups is 1. The molecule has 6 N–H and O–H groups in total. The van der Waals surface area contributed by atoms with Crippen molar-refractivity contribution in [1.29, 1.82) is 0 Å². The van der Waals surface area contributed by atoms with Crippen molar-refractivity contribution in [3.05, 3.63) is 41.5 Å². The Morgan fingerprint density at radius 2 is 1.68 bits per heavy atom. The van der Waals surface area contributed by atoms with Crippen LogP contribution in [0.25, 0.3) is 0 Å². The fourth-order valence-electron chi connectivity index (χ4n) is 1.60. The fraction of sp³-hybridized carbons (Fsp3) is 0.412. The van der Waals surface area contributed by atoms with Gasteiger partial charge >= 0.3 is 11.9 Å². The van der Waals surface area contributed by atoms with E-state index in [0.29, 0.717) is 29.8 Å². The number of aliphatic hydroxyl groups is 2. The molecule has 0 fully saturated rings. The summed E-state index contributed by atoms with van der Waals surface area (Å²) in [6.07, 6.45) is 0.463. The van der Waals surface area contributed by atoms with Crippen LogP contribution in [0.1, 0.15) is 38.0 Å². The molecule has 0 heterocycles. The van der Waals surface area contributed by atoms with Gasteiger partial charge in [-0.1, -0.05) is 6.07 Å². The maximum atomic E-state index is 9.97. The molecule has 1 rings (SSSR count). The number of hydrogen-bond acceptors (Lipinski definition) is 6. The van der Waals surface area contributed by atoms with Gasteiger partial charge in [0.05, 0.1) is 12.7 Å². The Balaban J connectivity index is 0.000000609. The molecule has 25 heavy (non-hydrogen) atoms. The summed E-state index contributed by atoms with van der Waals surface area (Å²) in [6.45, 7) is 6.26. The summed E-state index contributed by atoms with van der Waals surface area (Å²) in [5.74, 6) is -2.47. The van der Waals surface area contributed by atoms with Crippen LogP contribution in [0.4, 0.5) is 0 Å². The second-order valence-corrected chi connectivity index (χ2v) is 6.20. The second-order valence-electron chi connectivity index (χ2n) is 6.20. The average Bonchev–Trinajstić information content (AvgIpc) is 2.51. The van der Waals surface area contributed by atoms with E-state index >= 15 is 0 Å². The van der Waals surface area contributed by atoms with E-state index in [2.05, 4.69) is 5.32 Å². The quantitative estimate of drug-likeness (QED) is 0.414. The lowest BCUT2D eigenvalue weighted by Gasteiger charge is -2.23. The normalized spacial score (nSPS) is 12.4. The van der Waals surface area contributed by atoms with E-state index in [1.807, 2.05) is 20.8 Å². The van der Waals surface area contributed by atoms with Crippen LogP contribution < -0.4 is 5.32 Å². The number of aliphatic carboxylic acids is 2. The van der Waals surface area contributed by atoms with E-state index in [9.17, 15) is 19.8 Å². The Morgan fingerprint density at radius 1 is 1.16 bits per heavy atom. The Kier molecular flexibility index (Phi) is 9.43. The summed E-state index contributed by atoms with van der Waals surface area (Å²) >= 11 is 0. The molecule has 1 aromatic carbocycles. The molecule has 0 saturated heterocycles. The molecule has 8 heteroatoms. The molecule has 0 spiro atoms. The van der Waals surface area contributed by atoms with Crippen LogP contribution in [-0.2, 0) is 16.2 Å². The monoisotopic (exact) mass is 355 g/mol. The van der Waals surface area contributed by atoms with Gasteiger partial charge in [-0.05, 0) is 38.5 Å². The third kappa shape index (κ3) is 10.9. The van der Waals surface area contributed by atoms with Crippen molar-refractivity contribution in [2.24, 2.45) is 0 Å². The molecule has 1 unspecified atom stereocenters. The van der Waals surface area contributed by atoms with E-state index in [1.54, 1.807) is 12.1 Å². The predicted molar refractivity (Wildman–Crippen MR) is 91.2 cm³/mol. The van der Waals surface area contributed by atoms with Gasteiger partial charge in [-0.2, -0.15) is 0 Å². The summed E-state index contributed by atoms with van der Waals surface area (Å²) in [7, 11) is 0. The highest BCUT2D eigenvalue weighted by molar-refractivity contribution is 5.89. The van der Waals surface area contributed by atoms with E-state index < -0.39 is 18.0 Å². The van der Waals surface area contributed by atoms with E-state index in [4.69, 9.17) is 15.3 Å². The maximum absolute atomic E-state index is 9.97. The zero-order chi connectivity index (χ0) is 19.6. The third-order valence-electron chi connectivity index (χ3n) is 2.85. The average molecular weight is 355 g/mol. The standard InChI is InChI=1S/C13H21NO3.C4H4O4/c1-13(2,3)14-7-12(17)9-4-5-11(16)10(6-9)8-15;5-3(6)1-2-4(7)8/h4-6,12,14-17H,7-8H2,1-3H3;1-2H,(H,5,6)(H,7,8)/b;2-1+. The molecule has 140 valence electrons. The molecule has 0 aliphatic rings. The number of rotatable bonds is 6. The Hall–Kier alpha value is -2.42. The van der Waals surface area contributed by atoms with Crippen molar-refractivity contribution < 1.29 is 35.1 Å². The first-order valence-electron chi connectivity index (χ1n) is 7.46. The molecule has 1 atom stereocenters. The number of aliphatic hydroxyl groups excluding tert-OH is 2. The summed E-state index contributed by atoms with van der Waals surface area (Å²) in [4.78, 5) is 19.1. The second kappa shape index (κ2) is 10.4. The van der Waals surface area contributed by atoms with Gasteiger partial charge in [0.15, 0.2) is 0 Å². The molecule has 0 amide bonds. The molecular formula is C17H25NO7. The smallest absolute Gasteiger partial charge is 0.328 e. The van der Waals surface area contributed by atoms with Gasteiger partial charge < -0.3 is 30.8 Å². The minimum absolute atomic E-state index is 0.0484. The lowest BCUT2D eigenvalue weighted by Crippen LogP contribution is -2.38. The first-order valence-corrected chi connectivity index (χ1v) is 7.46. The van der Waals surface area contributed by atoms with Crippen molar-refractivity contribution in [3.63, 3.8) is 0 Å². The number of benzene rings is 1. The van der Waals surface area contributed by atoms with Crippen molar-refractivity contribution in [2.75, 3.05) is 6.54 Å². The number of carboxylic acid groups (broad SMARTS) is 2. The Bertz CT molecular complexity index is 590. The third-order valence-corrected chi connectivity index (χ3v) is 2.85. The lowest BCUT2D eigenvalue weighted by atomic mass is 10.0. The summed E-state index contributed by atoms with van der Waals surface area (Å²) in [5, 5.41) is 47.2. The van der Waals surface area contributed by atoms with Crippen LogP contribution in [0.5, 0.6) is 5.75 Å². The number of carboxylic acids is 2. The number of hydrogen-bond donors (Lipinski definition) is 6. The van der Waals surface area contributed by atoms with Crippen LogP contribution in [0.3, 0.4) is 0 Å². The van der Waals surface area contributed by atoms with Crippen molar-refractivity contribution in [1.82, 2.24) is 5.32 Å². The highest BCUT2D eigenvalue weighted by Crippen LogP contribution is 2.22. The number of phenols is 1. The van der Waals surface area contributed by atoms with Crippen LogP contribution in [0.15, 0.2) is 30.4 Å². The minimum atomic E-state index is -1.26. The van der Waals surface area contributed by atoms with Gasteiger partial charge in [-0.25, -0.2) is 9.59 Å². The molecular weight excluding hydrogens is 330 g/mol. The SMILES string of the molecule is CC(C)(C)NCC(O)c1ccc(O)c(CO)c1.O=C(O)/C=C/C(=O)O. The highest BCUT2D eigenvalue weighted by atomic mass is 16.4. The van der Waals surface area contributed by atoms with Crippen LogP contribution in [0.2, 0.25) is 0 Å². The topological polar surface area (TPSA) is 147 Å². The maximum Gasteiger partial charge on any atom is 0.328 e. The first-order chi connectivity index (χ1) is 11.5. The van der Waals surface area contributed by atoms with Crippen LogP contribution >= 0.6 is 0 Å². The summed E-state index contributed by atoms with van der Waals surface area (Å²) in [5.41, 5.74) is 1.05. The van der Waals surface area contributed by atoms with Crippen LogP contribution in [0, 0.1) is 0 Å². The molecule has 0 aromatic heterocycles. The zero-order valence-electron chi connectivity index (χ0n) is 14.4. The molecule has 0 aliphatic carbocycles. The van der Waals surface area contributed by atoms with Gasteiger partial charge in [0.1, 0.15) is 5.75 Å². The largest absolute Gasteiger partial charge is 0.508 e. The number of nitrogens with one attached hydrogen (secondary N) is 1. The van der Waals surface area contributed by atoms with Gasteiger partial charge in [0, 0.05) is 29.8 Å². The van der Waals surface area contributed by atoms with Crippen LogP contribution in [-0.4, -0.2) is 49.6 Å². The molecule has 1 aromatic rings. The zero-order valence-corrected chi connectivity index (χ0v) is 14.4. The van der Waals surface area contributed by atoms with Gasteiger partial charge in [-0.3, -0.25) is 0 Å². The number of carbonyl (C=O) groups is 2. The minimum Gasteiger partial charge on any atom is -0.508 e. The van der Waals surface area contributed by atoms with Gasteiger partial charge in [-0.15, -0.1) is 0 Å². The number of β-amino-alcohol motifs (C(OH)–C–C–N with tert-alkyl or cyclic N) is 1. The fourth-order valence-corrected chi connectivity index (χ4v) is 1.60. The molecule has 0 saturated carbocycles. The summed E-state index contributed by atoms with van der Waals surface area (Å²) in [6, 6.07) is 4.76. The Morgan fingerprint density at radius 3 is 2.08 bits per heavy atom. The lowest BCUT2D eigenvalue weighted by molar-refractivity contribution is -0.134. The Labute approximate surface area is 146 Å². The molecule has 0 radical (unpaired) electrons. The molecule has 0 aliphatic heterocycles. The highest BCUT2D eigenvalue weighted by Gasteiger charge is 2.14. The van der Waals surface area contributed by atoms with Crippen molar-refractivity contribution in [2.45, 2.75) is 39.0 Å². The predicted octanol–water partition coefficient (Wildman–Crippen LogP) is 1.02. The summed E-state index contributed by atoms with van der Waals surface area (Å²) < 4.78 is 0. The van der Waals surface area contributed by atoms with Crippen molar-refractivity contribution >= 4 is 11.9 Å². The van der Waals surface area contributed by atoms with Gasteiger partial charge in [0.25, 0.3) is 0 Å². The molecule has 0 bridgehead atoms. The van der Waals surface area contributed by atoms with E-state index in [0.717, 1.165) is 0 Å².